The van der Waals surface area contributed by atoms with Crippen molar-refractivity contribution in [2.45, 2.75) is 50.4 Å². The van der Waals surface area contributed by atoms with E-state index in [-0.39, 0.29) is 12.5 Å². The van der Waals surface area contributed by atoms with Crippen molar-refractivity contribution in [3.63, 3.8) is 0 Å². The highest BCUT2D eigenvalue weighted by atomic mass is 19.4. The van der Waals surface area contributed by atoms with Crippen LogP contribution in [-0.2, 0) is 14.3 Å². The summed E-state index contributed by atoms with van der Waals surface area (Å²) >= 11 is 0. The molecule has 7 nitrogen and oxygen atoms in total. The fourth-order valence-electron chi connectivity index (χ4n) is 4.02. The Bertz CT molecular complexity index is 1040. The van der Waals surface area contributed by atoms with E-state index < -0.39 is 48.6 Å². The van der Waals surface area contributed by atoms with Crippen LogP contribution in [0.25, 0.3) is 11.1 Å². The number of carbonyl (C=O) groups excluding carboxylic acids is 2. The van der Waals surface area contributed by atoms with Gasteiger partial charge in [0.15, 0.2) is 0 Å². The van der Waals surface area contributed by atoms with Gasteiger partial charge in [0.05, 0.1) is 6.42 Å². The number of alkyl halides is 3. The topological polar surface area (TPSA) is 105 Å². The molecule has 3 rings (SSSR count). The quantitative estimate of drug-likeness (QED) is 0.527. The summed E-state index contributed by atoms with van der Waals surface area (Å²) in [5.74, 6) is -2.92. The summed E-state index contributed by atoms with van der Waals surface area (Å²) in [6.45, 7) is 2.94. The monoisotopic (exact) mass is 478 g/mol. The lowest BCUT2D eigenvalue weighted by Crippen LogP contribution is -2.51. The summed E-state index contributed by atoms with van der Waals surface area (Å²) < 4.78 is 44.3. The Morgan fingerprint density at radius 1 is 1.00 bits per heavy atom. The Balaban J connectivity index is 1.58. The minimum atomic E-state index is -4.92. The zero-order valence-corrected chi connectivity index (χ0v) is 18.6. The van der Waals surface area contributed by atoms with E-state index in [1.807, 2.05) is 48.5 Å². The van der Waals surface area contributed by atoms with E-state index in [1.54, 1.807) is 5.32 Å². The molecule has 0 heterocycles. The first-order valence-corrected chi connectivity index (χ1v) is 10.6. The first kappa shape index (κ1) is 25.1. The second-order valence-corrected chi connectivity index (χ2v) is 8.77. The van der Waals surface area contributed by atoms with Crippen molar-refractivity contribution < 1.29 is 37.4 Å². The lowest BCUT2D eigenvalue weighted by Gasteiger charge is -2.27. The molecule has 34 heavy (non-hydrogen) atoms. The number of fused-ring (bicyclic) bond motifs is 3. The minimum Gasteiger partial charge on any atom is -0.481 e. The van der Waals surface area contributed by atoms with E-state index >= 15 is 0 Å². The standard InChI is InChI=1S/C24H25F3N2O5/c1-23(2,12-20(30)28-19(11-21(31)32)24(25,26)27)29-22(33)34-13-18-16-9-5-3-7-14(16)15-8-4-6-10-17(15)18/h3-10,18-19H,11-13H2,1-2H3,(H,28,30)(H,29,33)(H,31,32). The number of benzene rings is 2. The molecule has 0 aliphatic heterocycles. The third kappa shape index (κ3) is 6.06. The molecule has 3 N–H and O–H groups in total. The normalized spacial score (nSPS) is 14.0. The molecule has 1 atom stereocenters. The number of carboxylic acids is 1. The second kappa shape index (κ2) is 9.74. The Morgan fingerprint density at radius 3 is 2.03 bits per heavy atom. The van der Waals surface area contributed by atoms with E-state index in [0.717, 1.165) is 22.3 Å². The fourth-order valence-corrected chi connectivity index (χ4v) is 4.02. The summed E-state index contributed by atoms with van der Waals surface area (Å²) in [4.78, 5) is 35.2. The molecule has 1 unspecified atom stereocenters. The van der Waals surface area contributed by atoms with Crippen LogP contribution in [0, 0.1) is 0 Å². The van der Waals surface area contributed by atoms with Crippen LogP contribution in [0.3, 0.4) is 0 Å². The Labute approximate surface area is 194 Å². The zero-order valence-electron chi connectivity index (χ0n) is 18.6. The van der Waals surface area contributed by atoms with Gasteiger partial charge < -0.3 is 20.5 Å². The third-order valence-electron chi connectivity index (χ3n) is 5.50. The fraction of sp³-hybridized carbons (Fsp3) is 0.375. The number of alkyl carbamates (subject to hydrolysis) is 1. The first-order valence-electron chi connectivity index (χ1n) is 10.6. The molecule has 0 aromatic heterocycles. The predicted molar refractivity (Wildman–Crippen MR) is 117 cm³/mol. The van der Waals surface area contributed by atoms with Crippen molar-refractivity contribution in [3.8, 4) is 11.1 Å². The molecular weight excluding hydrogens is 453 g/mol. The molecule has 2 amide bonds. The summed E-state index contributed by atoms with van der Waals surface area (Å²) in [7, 11) is 0. The lowest BCUT2D eigenvalue weighted by molar-refractivity contribution is -0.170. The van der Waals surface area contributed by atoms with Crippen molar-refractivity contribution in [2.75, 3.05) is 6.61 Å². The molecule has 0 bridgehead atoms. The van der Waals surface area contributed by atoms with Crippen molar-refractivity contribution in [1.82, 2.24) is 10.6 Å². The summed E-state index contributed by atoms with van der Waals surface area (Å²) in [5.41, 5.74) is 2.92. The number of aliphatic carboxylic acids is 1. The molecule has 10 heteroatoms. The number of carboxylic acid groups (broad SMARTS) is 1. The van der Waals surface area contributed by atoms with Gasteiger partial charge in [0.25, 0.3) is 0 Å². The average molecular weight is 478 g/mol. The van der Waals surface area contributed by atoms with E-state index in [0.29, 0.717) is 0 Å². The van der Waals surface area contributed by atoms with Gasteiger partial charge in [-0.25, -0.2) is 4.79 Å². The Morgan fingerprint density at radius 2 is 1.53 bits per heavy atom. The summed E-state index contributed by atoms with van der Waals surface area (Å²) in [5, 5.41) is 12.8. The molecule has 0 fully saturated rings. The molecule has 182 valence electrons. The van der Waals surface area contributed by atoms with Gasteiger partial charge >= 0.3 is 18.2 Å². The largest absolute Gasteiger partial charge is 0.481 e. The first-order chi connectivity index (χ1) is 15.9. The highest BCUT2D eigenvalue weighted by Crippen LogP contribution is 2.44. The highest BCUT2D eigenvalue weighted by molar-refractivity contribution is 5.80. The average Bonchev–Trinajstić information content (AvgIpc) is 3.04. The lowest BCUT2D eigenvalue weighted by atomic mass is 9.98. The van der Waals surface area contributed by atoms with Gasteiger partial charge in [0.2, 0.25) is 5.91 Å². The number of hydrogen-bond donors (Lipinski definition) is 3. The van der Waals surface area contributed by atoms with E-state index in [9.17, 15) is 27.6 Å². The maximum absolute atomic E-state index is 13.0. The Hall–Kier alpha value is -3.56. The number of carbonyl (C=O) groups is 3. The number of ether oxygens (including phenoxy) is 1. The van der Waals surface area contributed by atoms with Crippen molar-refractivity contribution in [2.24, 2.45) is 0 Å². The number of rotatable bonds is 8. The molecule has 0 saturated carbocycles. The van der Waals surface area contributed by atoms with Gasteiger partial charge in [0, 0.05) is 17.9 Å². The molecule has 0 spiro atoms. The van der Waals surface area contributed by atoms with Crippen LogP contribution in [0.2, 0.25) is 0 Å². The van der Waals surface area contributed by atoms with E-state index in [4.69, 9.17) is 9.84 Å². The van der Waals surface area contributed by atoms with Gasteiger partial charge in [0.1, 0.15) is 12.6 Å². The zero-order chi connectivity index (χ0) is 25.1. The van der Waals surface area contributed by atoms with Gasteiger partial charge in [-0.1, -0.05) is 48.5 Å². The van der Waals surface area contributed by atoms with Gasteiger partial charge in [-0.2, -0.15) is 13.2 Å². The van der Waals surface area contributed by atoms with Crippen LogP contribution >= 0.6 is 0 Å². The number of halogens is 3. The smallest absolute Gasteiger partial charge is 0.409 e. The predicted octanol–water partition coefficient (Wildman–Crippen LogP) is 4.22. The minimum absolute atomic E-state index is 0.0386. The second-order valence-electron chi connectivity index (χ2n) is 8.77. The molecule has 2 aromatic carbocycles. The van der Waals surface area contributed by atoms with Crippen LogP contribution in [-0.4, -0.2) is 47.4 Å². The molecule has 2 aromatic rings. The molecule has 1 aliphatic carbocycles. The van der Waals surface area contributed by atoms with E-state index in [1.165, 1.54) is 13.8 Å². The van der Waals surface area contributed by atoms with Gasteiger partial charge in [-0.05, 0) is 36.1 Å². The number of hydrogen-bond acceptors (Lipinski definition) is 4. The van der Waals surface area contributed by atoms with Gasteiger partial charge in [-0.3, -0.25) is 9.59 Å². The molecule has 1 aliphatic rings. The van der Waals surface area contributed by atoms with E-state index in [2.05, 4.69) is 5.32 Å². The molecule has 0 saturated heterocycles. The van der Waals surface area contributed by atoms with Crippen molar-refractivity contribution >= 4 is 18.0 Å². The molecule has 0 radical (unpaired) electrons. The summed E-state index contributed by atoms with van der Waals surface area (Å²) in [6.07, 6.45) is -7.55. The highest BCUT2D eigenvalue weighted by Gasteiger charge is 2.42. The van der Waals surface area contributed by atoms with Crippen LogP contribution < -0.4 is 10.6 Å². The molecular formula is C24H25F3N2O5. The van der Waals surface area contributed by atoms with Crippen LogP contribution in [0.4, 0.5) is 18.0 Å². The summed E-state index contributed by atoms with van der Waals surface area (Å²) in [6, 6.07) is 13.0. The number of nitrogens with one attached hydrogen (secondary N) is 2. The van der Waals surface area contributed by atoms with Gasteiger partial charge in [-0.15, -0.1) is 0 Å². The van der Waals surface area contributed by atoms with Crippen LogP contribution in [0.1, 0.15) is 43.7 Å². The maximum Gasteiger partial charge on any atom is 0.409 e. The van der Waals surface area contributed by atoms with Crippen molar-refractivity contribution in [1.29, 1.82) is 0 Å². The van der Waals surface area contributed by atoms with Crippen LogP contribution in [0.15, 0.2) is 48.5 Å². The Kier molecular flexibility index (Phi) is 7.18. The van der Waals surface area contributed by atoms with Crippen molar-refractivity contribution in [3.05, 3.63) is 59.7 Å². The number of amides is 2. The third-order valence-corrected chi connectivity index (χ3v) is 5.50. The van der Waals surface area contributed by atoms with Crippen LogP contribution in [0.5, 0.6) is 0 Å². The SMILES string of the molecule is CC(C)(CC(=O)NC(CC(=O)O)C(F)(F)F)NC(=O)OCC1c2ccccc2-c2ccccc21. The maximum atomic E-state index is 13.0.